The van der Waals surface area contributed by atoms with Crippen LogP contribution in [0.3, 0.4) is 0 Å². The molecule has 0 N–H and O–H groups in total. The van der Waals surface area contributed by atoms with E-state index in [2.05, 4.69) is 29.8 Å². The summed E-state index contributed by atoms with van der Waals surface area (Å²) in [6.07, 6.45) is 2.95. The summed E-state index contributed by atoms with van der Waals surface area (Å²) in [6.45, 7) is 10.5. The maximum atomic E-state index is 13.2. The van der Waals surface area contributed by atoms with Crippen LogP contribution in [0.25, 0.3) is 10.2 Å². The van der Waals surface area contributed by atoms with Gasteiger partial charge in [-0.25, -0.2) is 4.98 Å². The summed E-state index contributed by atoms with van der Waals surface area (Å²) in [5, 5.41) is 1.17. The number of rotatable bonds is 4. The number of pyridine rings is 1. The molecule has 140 valence electrons. The van der Waals surface area contributed by atoms with E-state index < -0.39 is 0 Å². The second-order valence-electron chi connectivity index (χ2n) is 7.74. The fourth-order valence-corrected chi connectivity index (χ4v) is 5.37. The molecular formula is C20H27N3O2S. The number of ether oxygens (including phenoxy) is 1. The van der Waals surface area contributed by atoms with Crippen LogP contribution in [0.5, 0.6) is 0 Å². The molecule has 2 aliphatic heterocycles. The van der Waals surface area contributed by atoms with Gasteiger partial charge in [-0.15, -0.1) is 11.3 Å². The van der Waals surface area contributed by atoms with Crippen molar-refractivity contribution >= 4 is 27.5 Å². The molecule has 0 aromatic carbocycles. The summed E-state index contributed by atoms with van der Waals surface area (Å²) in [4.78, 5) is 24.2. The predicted octanol–water partition coefficient (Wildman–Crippen LogP) is 3.21. The number of nitrogens with zero attached hydrogens (tertiary/aromatic N) is 3. The van der Waals surface area contributed by atoms with Crippen LogP contribution in [0.2, 0.25) is 0 Å². The van der Waals surface area contributed by atoms with E-state index in [4.69, 9.17) is 4.74 Å². The van der Waals surface area contributed by atoms with Crippen molar-refractivity contribution in [3.8, 4) is 0 Å². The van der Waals surface area contributed by atoms with Gasteiger partial charge in [-0.05, 0) is 30.5 Å². The van der Waals surface area contributed by atoms with Gasteiger partial charge in [-0.3, -0.25) is 4.79 Å². The van der Waals surface area contributed by atoms with Gasteiger partial charge in [0, 0.05) is 43.7 Å². The van der Waals surface area contributed by atoms with E-state index >= 15 is 0 Å². The van der Waals surface area contributed by atoms with E-state index in [9.17, 15) is 4.79 Å². The van der Waals surface area contributed by atoms with Crippen LogP contribution in [-0.2, 0) is 4.74 Å². The molecule has 0 saturated carbocycles. The van der Waals surface area contributed by atoms with Gasteiger partial charge in [0.15, 0.2) is 0 Å². The molecule has 0 radical (unpaired) electrons. The first kappa shape index (κ1) is 17.9. The van der Waals surface area contributed by atoms with Crippen molar-refractivity contribution in [1.82, 2.24) is 14.8 Å². The molecule has 2 aliphatic rings. The van der Waals surface area contributed by atoms with Crippen LogP contribution >= 0.6 is 11.3 Å². The molecule has 0 spiro atoms. The van der Waals surface area contributed by atoms with Gasteiger partial charge in [0.05, 0.1) is 18.1 Å². The molecule has 4 heterocycles. The van der Waals surface area contributed by atoms with Crippen molar-refractivity contribution in [2.24, 2.45) is 5.92 Å². The lowest BCUT2D eigenvalue weighted by atomic mass is 9.95. The number of carbonyl (C=O) groups excluding carboxylic acids is 1. The molecule has 6 heteroatoms. The van der Waals surface area contributed by atoms with Crippen molar-refractivity contribution in [2.75, 3.05) is 45.9 Å². The van der Waals surface area contributed by atoms with Gasteiger partial charge in [0.25, 0.3) is 5.91 Å². The lowest BCUT2D eigenvalue weighted by Crippen LogP contribution is -2.40. The second-order valence-corrected chi connectivity index (χ2v) is 8.74. The Morgan fingerprint density at radius 1 is 1.35 bits per heavy atom. The SMILES string of the molecule is CC(C)CN1CC[C@H](c2c(C(=O)N3CCOCC3)sc3ncccc23)C1. The monoisotopic (exact) mass is 373 g/mol. The molecule has 2 saturated heterocycles. The summed E-state index contributed by atoms with van der Waals surface area (Å²) < 4.78 is 5.42. The van der Waals surface area contributed by atoms with Crippen LogP contribution in [0.15, 0.2) is 18.3 Å². The highest BCUT2D eigenvalue weighted by atomic mass is 32.1. The topological polar surface area (TPSA) is 45.7 Å². The van der Waals surface area contributed by atoms with Gasteiger partial charge < -0.3 is 14.5 Å². The molecule has 0 unspecified atom stereocenters. The van der Waals surface area contributed by atoms with Crippen molar-refractivity contribution in [1.29, 1.82) is 0 Å². The molecule has 2 aromatic rings. The molecule has 26 heavy (non-hydrogen) atoms. The Balaban J connectivity index is 1.67. The van der Waals surface area contributed by atoms with E-state index in [0.29, 0.717) is 38.1 Å². The predicted molar refractivity (Wildman–Crippen MR) is 105 cm³/mol. The Labute approximate surface area is 159 Å². The number of hydrogen-bond acceptors (Lipinski definition) is 5. The van der Waals surface area contributed by atoms with Crippen molar-refractivity contribution in [3.63, 3.8) is 0 Å². The zero-order chi connectivity index (χ0) is 18.1. The molecule has 0 aliphatic carbocycles. The third kappa shape index (κ3) is 3.50. The Bertz CT molecular complexity index is 782. The lowest BCUT2D eigenvalue weighted by molar-refractivity contribution is 0.0305. The quantitative estimate of drug-likeness (QED) is 0.826. The van der Waals surface area contributed by atoms with Gasteiger partial charge in [-0.2, -0.15) is 0 Å². The maximum Gasteiger partial charge on any atom is 0.264 e. The minimum atomic E-state index is 0.161. The first-order valence-corrected chi connectivity index (χ1v) is 10.4. The first-order chi connectivity index (χ1) is 12.6. The smallest absolute Gasteiger partial charge is 0.264 e. The summed E-state index contributed by atoms with van der Waals surface area (Å²) in [6, 6.07) is 4.12. The van der Waals surface area contributed by atoms with Crippen LogP contribution in [0, 0.1) is 5.92 Å². The largest absolute Gasteiger partial charge is 0.378 e. The van der Waals surface area contributed by atoms with Crippen LogP contribution < -0.4 is 0 Å². The summed E-state index contributed by atoms with van der Waals surface area (Å²) in [5.41, 5.74) is 1.24. The molecule has 5 nitrogen and oxygen atoms in total. The second kappa shape index (κ2) is 7.62. The number of hydrogen-bond donors (Lipinski definition) is 0. The maximum absolute atomic E-state index is 13.2. The van der Waals surface area contributed by atoms with Crippen LogP contribution in [-0.4, -0.2) is 66.6 Å². The number of fused-ring (bicyclic) bond motifs is 1. The Hall–Kier alpha value is -1.50. The Kier molecular flexibility index (Phi) is 5.25. The molecule has 1 atom stereocenters. The van der Waals surface area contributed by atoms with E-state index in [1.54, 1.807) is 11.3 Å². The molecule has 0 bridgehead atoms. The van der Waals surface area contributed by atoms with Crippen molar-refractivity contribution < 1.29 is 9.53 Å². The Morgan fingerprint density at radius 3 is 2.92 bits per heavy atom. The normalized spacial score (nSPS) is 21.8. The standard InChI is InChI=1S/C20H27N3O2S/c1-14(2)12-22-7-5-15(13-22)17-16-4-3-6-21-19(16)26-18(17)20(24)23-8-10-25-11-9-23/h3-4,6,14-15H,5,7-13H2,1-2H3/t15-/m0/s1. The number of morpholine rings is 1. The molecular weight excluding hydrogens is 346 g/mol. The van der Waals surface area contributed by atoms with E-state index in [1.165, 1.54) is 10.9 Å². The number of aromatic nitrogens is 1. The fourth-order valence-electron chi connectivity index (χ4n) is 4.18. The molecule has 4 rings (SSSR count). The van der Waals surface area contributed by atoms with Crippen LogP contribution in [0.1, 0.15) is 41.4 Å². The third-order valence-corrected chi connectivity index (χ3v) is 6.42. The highest BCUT2D eigenvalue weighted by Gasteiger charge is 2.32. The molecule has 1 amide bonds. The van der Waals surface area contributed by atoms with E-state index in [1.807, 2.05) is 17.2 Å². The Morgan fingerprint density at radius 2 is 2.15 bits per heavy atom. The minimum Gasteiger partial charge on any atom is -0.378 e. The molecule has 2 fully saturated rings. The average molecular weight is 374 g/mol. The van der Waals surface area contributed by atoms with Gasteiger partial charge in [0.1, 0.15) is 4.83 Å². The number of thiophene rings is 1. The highest BCUT2D eigenvalue weighted by molar-refractivity contribution is 7.20. The van der Waals surface area contributed by atoms with Gasteiger partial charge >= 0.3 is 0 Å². The fraction of sp³-hybridized carbons (Fsp3) is 0.600. The van der Waals surface area contributed by atoms with E-state index in [-0.39, 0.29) is 5.91 Å². The van der Waals surface area contributed by atoms with Crippen molar-refractivity contribution in [2.45, 2.75) is 26.2 Å². The van der Waals surface area contributed by atoms with Crippen molar-refractivity contribution in [3.05, 3.63) is 28.8 Å². The average Bonchev–Trinajstić information content (AvgIpc) is 3.25. The minimum absolute atomic E-state index is 0.161. The third-order valence-electron chi connectivity index (χ3n) is 5.30. The zero-order valence-corrected chi connectivity index (χ0v) is 16.4. The van der Waals surface area contributed by atoms with Gasteiger partial charge in [-0.1, -0.05) is 19.9 Å². The first-order valence-electron chi connectivity index (χ1n) is 9.60. The molecule has 2 aromatic heterocycles. The number of carbonyl (C=O) groups is 1. The van der Waals surface area contributed by atoms with Gasteiger partial charge in [0.2, 0.25) is 0 Å². The summed E-state index contributed by atoms with van der Waals surface area (Å²) in [7, 11) is 0. The highest BCUT2D eigenvalue weighted by Crippen LogP contribution is 2.40. The van der Waals surface area contributed by atoms with Crippen LogP contribution in [0.4, 0.5) is 0 Å². The van der Waals surface area contributed by atoms with E-state index in [0.717, 1.165) is 35.8 Å². The summed E-state index contributed by atoms with van der Waals surface area (Å²) in [5.74, 6) is 1.25. The number of likely N-dealkylation sites (tertiary alicyclic amines) is 1. The summed E-state index contributed by atoms with van der Waals surface area (Å²) >= 11 is 1.57. The lowest BCUT2D eigenvalue weighted by Gasteiger charge is -2.27. The zero-order valence-electron chi connectivity index (χ0n) is 15.6. The number of amides is 1.